The summed E-state index contributed by atoms with van der Waals surface area (Å²) in [6.45, 7) is 3.61. The van der Waals surface area contributed by atoms with Crippen LogP contribution in [0.1, 0.15) is 53.9 Å². The number of hydrogen-bond donors (Lipinski definition) is 1. The van der Waals surface area contributed by atoms with Crippen molar-refractivity contribution in [3.05, 3.63) is 53.4 Å². The highest BCUT2D eigenvalue weighted by Crippen LogP contribution is 2.12. The first kappa shape index (κ1) is 20.6. The van der Waals surface area contributed by atoms with Crippen LogP contribution in [0.5, 0.6) is 0 Å². The lowest BCUT2D eigenvalue weighted by Gasteiger charge is -2.07. The van der Waals surface area contributed by atoms with Crippen LogP contribution >= 0.6 is 0 Å². The third kappa shape index (κ3) is 7.09. The van der Waals surface area contributed by atoms with Gasteiger partial charge in [0, 0.05) is 38.2 Å². The van der Waals surface area contributed by atoms with Gasteiger partial charge in [-0.1, -0.05) is 48.3 Å². The number of carbonyl (C=O) groups excluding carboxylic acids is 1. The molecule has 1 N–H and O–H groups in total. The van der Waals surface area contributed by atoms with E-state index in [0.29, 0.717) is 24.8 Å². The zero-order valence-corrected chi connectivity index (χ0v) is 16.4. The zero-order chi connectivity index (χ0) is 19.4. The monoisotopic (exact) mass is 386 g/mol. The fourth-order valence-corrected chi connectivity index (χ4v) is 3.23. The van der Waals surface area contributed by atoms with Crippen LogP contribution in [0.2, 0.25) is 0 Å². The van der Waals surface area contributed by atoms with Gasteiger partial charge < -0.3 is 19.3 Å². The van der Waals surface area contributed by atoms with Gasteiger partial charge in [-0.2, -0.15) is 0 Å². The van der Waals surface area contributed by atoms with Gasteiger partial charge in [-0.25, -0.2) is 0 Å². The third-order valence-corrected chi connectivity index (χ3v) is 4.94. The summed E-state index contributed by atoms with van der Waals surface area (Å²) in [4.78, 5) is 12.1. The minimum absolute atomic E-state index is 0.169. The summed E-state index contributed by atoms with van der Waals surface area (Å²) in [6, 6.07) is 12.0. The molecule has 0 aliphatic carbocycles. The maximum absolute atomic E-state index is 12.1. The first-order chi connectivity index (χ1) is 13.8. The number of unbranched alkanes of at least 4 members (excludes halogenated alkanes) is 3. The summed E-state index contributed by atoms with van der Waals surface area (Å²) in [5.41, 5.74) is 1.58. The number of aryl methyl sites for hydroxylation is 1. The predicted octanol–water partition coefficient (Wildman–Crippen LogP) is 3.76. The van der Waals surface area contributed by atoms with Crippen molar-refractivity contribution in [3.63, 3.8) is 0 Å². The van der Waals surface area contributed by atoms with Gasteiger partial charge in [0.05, 0.1) is 13.2 Å². The molecule has 1 aromatic carbocycles. The van der Waals surface area contributed by atoms with Crippen molar-refractivity contribution in [2.45, 2.75) is 45.1 Å². The Labute approximate surface area is 166 Å². The minimum Gasteiger partial charge on any atom is -0.381 e. The molecule has 0 saturated carbocycles. The average Bonchev–Trinajstić information content (AvgIpc) is 3.41. The second kappa shape index (κ2) is 11.6. The van der Waals surface area contributed by atoms with Crippen LogP contribution in [0.3, 0.4) is 0 Å². The summed E-state index contributed by atoms with van der Waals surface area (Å²) in [7, 11) is 0. The molecule has 0 spiro atoms. The number of ether oxygens (including phenoxy) is 2. The van der Waals surface area contributed by atoms with Crippen molar-refractivity contribution < 1.29 is 18.8 Å². The smallest absolute Gasteiger partial charge is 0.273 e. The number of benzene rings is 1. The first-order valence-corrected chi connectivity index (χ1v) is 10.2. The molecule has 6 heteroatoms. The van der Waals surface area contributed by atoms with Gasteiger partial charge in [0.15, 0.2) is 5.69 Å². The topological polar surface area (TPSA) is 73.6 Å². The van der Waals surface area contributed by atoms with Crippen molar-refractivity contribution >= 4 is 5.91 Å². The van der Waals surface area contributed by atoms with Crippen LogP contribution < -0.4 is 5.32 Å². The molecule has 1 atom stereocenters. The lowest BCUT2D eigenvalue weighted by atomic mass is 10.1. The van der Waals surface area contributed by atoms with Crippen molar-refractivity contribution in [3.8, 4) is 0 Å². The van der Waals surface area contributed by atoms with Gasteiger partial charge in [0.25, 0.3) is 5.91 Å². The molecule has 1 aromatic heterocycles. The lowest BCUT2D eigenvalue weighted by Crippen LogP contribution is -2.29. The van der Waals surface area contributed by atoms with Crippen molar-refractivity contribution in [1.82, 2.24) is 10.5 Å². The molecule has 2 aromatic rings. The van der Waals surface area contributed by atoms with Gasteiger partial charge in [0.2, 0.25) is 0 Å². The Kier molecular flexibility index (Phi) is 8.53. The van der Waals surface area contributed by atoms with E-state index in [9.17, 15) is 4.79 Å². The van der Waals surface area contributed by atoms with E-state index in [1.165, 1.54) is 5.56 Å². The van der Waals surface area contributed by atoms with Crippen molar-refractivity contribution in [2.75, 3.05) is 26.4 Å². The molecule has 6 nitrogen and oxygen atoms in total. The Morgan fingerprint density at radius 2 is 2.04 bits per heavy atom. The molecule has 0 radical (unpaired) electrons. The highest BCUT2D eigenvalue weighted by atomic mass is 16.5. The summed E-state index contributed by atoms with van der Waals surface area (Å²) in [6.07, 6.45) is 6.12. The summed E-state index contributed by atoms with van der Waals surface area (Å²) in [5, 5.41) is 6.80. The van der Waals surface area contributed by atoms with Gasteiger partial charge in [0.1, 0.15) is 5.76 Å². The number of hydrogen-bond acceptors (Lipinski definition) is 5. The third-order valence-electron chi connectivity index (χ3n) is 4.94. The molecule has 2 heterocycles. The molecule has 0 bridgehead atoms. The van der Waals surface area contributed by atoms with E-state index < -0.39 is 0 Å². The van der Waals surface area contributed by atoms with E-state index in [0.717, 1.165) is 64.1 Å². The molecule has 3 rings (SSSR count). The predicted molar refractivity (Wildman–Crippen MR) is 106 cm³/mol. The minimum atomic E-state index is -0.169. The van der Waals surface area contributed by atoms with Crippen LogP contribution in [0.4, 0.5) is 0 Å². The Morgan fingerprint density at radius 3 is 2.86 bits per heavy atom. The first-order valence-electron chi connectivity index (χ1n) is 10.2. The quantitative estimate of drug-likeness (QED) is 0.562. The van der Waals surface area contributed by atoms with Crippen LogP contribution in [0, 0.1) is 5.92 Å². The van der Waals surface area contributed by atoms with Crippen molar-refractivity contribution in [1.29, 1.82) is 0 Å². The number of nitrogens with zero attached hydrogens (tertiary/aromatic N) is 1. The van der Waals surface area contributed by atoms with Gasteiger partial charge >= 0.3 is 0 Å². The number of nitrogens with one attached hydrogen (secondary N) is 1. The summed E-state index contributed by atoms with van der Waals surface area (Å²) >= 11 is 0. The average molecular weight is 386 g/mol. The molecule has 28 heavy (non-hydrogen) atoms. The molecular formula is C22H30N2O4. The van der Waals surface area contributed by atoms with E-state index in [2.05, 4.69) is 22.6 Å². The number of carbonyl (C=O) groups is 1. The normalized spacial score (nSPS) is 16.4. The van der Waals surface area contributed by atoms with E-state index in [-0.39, 0.29) is 5.91 Å². The largest absolute Gasteiger partial charge is 0.381 e. The molecule has 1 amide bonds. The summed E-state index contributed by atoms with van der Waals surface area (Å²) < 4.78 is 16.3. The maximum Gasteiger partial charge on any atom is 0.273 e. The number of rotatable bonds is 12. The fraction of sp³-hybridized carbons (Fsp3) is 0.545. The number of amides is 1. The SMILES string of the molecule is O=C(NCC1CCOC1)c1cc(CCCCCCOCc2ccccc2)on1. The fourth-order valence-electron chi connectivity index (χ4n) is 3.23. The Bertz CT molecular complexity index is 696. The molecule has 1 unspecified atom stereocenters. The highest BCUT2D eigenvalue weighted by molar-refractivity contribution is 5.92. The van der Waals surface area contributed by atoms with Crippen molar-refractivity contribution in [2.24, 2.45) is 5.92 Å². The van der Waals surface area contributed by atoms with E-state index in [1.54, 1.807) is 6.07 Å². The van der Waals surface area contributed by atoms with Crippen LogP contribution in [0.25, 0.3) is 0 Å². The summed E-state index contributed by atoms with van der Waals surface area (Å²) in [5.74, 6) is 1.01. The molecule has 152 valence electrons. The van der Waals surface area contributed by atoms with Gasteiger partial charge in [-0.05, 0) is 24.8 Å². The molecule has 1 aliphatic heterocycles. The van der Waals surface area contributed by atoms with Gasteiger partial charge in [-0.3, -0.25) is 4.79 Å². The highest BCUT2D eigenvalue weighted by Gasteiger charge is 2.18. The van der Waals surface area contributed by atoms with Crippen LogP contribution in [-0.4, -0.2) is 37.4 Å². The second-order valence-corrected chi connectivity index (χ2v) is 7.32. The molecule has 1 saturated heterocycles. The molecular weight excluding hydrogens is 356 g/mol. The van der Waals surface area contributed by atoms with E-state index in [1.807, 2.05) is 18.2 Å². The van der Waals surface area contributed by atoms with Gasteiger partial charge in [-0.15, -0.1) is 0 Å². The van der Waals surface area contributed by atoms with E-state index >= 15 is 0 Å². The Morgan fingerprint density at radius 1 is 1.18 bits per heavy atom. The molecule has 1 aliphatic rings. The standard InChI is InChI=1S/C22H30N2O4/c25-22(23-15-19-11-13-27-17-19)21-14-20(28-24-21)10-6-1-2-7-12-26-16-18-8-4-3-5-9-18/h3-5,8-9,14,19H,1-2,6-7,10-13,15-17H2,(H,23,25). The van der Waals surface area contributed by atoms with Crippen LogP contribution in [0.15, 0.2) is 40.9 Å². The van der Waals surface area contributed by atoms with E-state index in [4.69, 9.17) is 14.0 Å². The zero-order valence-electron chi connectivity index (χ0n) is 16.4. The maximum atomic E-state index is 12.1. The molecule has 1 fully saturated rings. The van der Waals surface area contributed by atoms with Crippen LogP contribution in [-0.2, 0) is 22.5 Å². The Balaban J connectivity index is 1.22. The Hall–Kier alpha value is -2.18. The second-order valence-electron chi connectivity index (χ2n) is 7.32. The number of aromatic nitrogens is 1. The lowest BCUT2D eigenvalue weighted by molar-refractivity contribution is 0.0936.